The lowest BCUT2D eigenvalue weighted by atomic mass is 9.87. The zero-order valence-corrected chi connectivity index (χ0v) is 10.6. The molecule has 0 amide bonds. The highest BCUT2D eigenvalue weighted by molar-refractivity contribution is 5.39. The summed E-state index contributed by atoms with van der Waals surface area (Å²) in [5, 5.41) is 19.7. The van der Waals surface area contributed by atoms with E-state index in [2.05, 4.69) is 0 Å². The Hall–Kier alpha value is -2.01. The average Bonchev–Trinajstić information content (AvgIpc) is 2.38. The first-order valence-electron chi connectivity index (χ1n) is 5.91. The standard InChI is InChI=1S/C15H13F3O2/c1-14(20,10-5-7-13(19)8-6-10)11-3-2-4-12(9-11)15(16,17)18/h2-9,19-20H,1H3. The monoisotopic (exact) mass is 282 g/mol. The molecule has 2 rings (SSSR count). The summed E-state index contributed by atoms with van der Waals surface area (Å²) in [5.41, 5.74) is -1.85. The molecule has 2 N–H and O–H groups in total. The summed E-state index contributed by atoms with van der Waals surface area (Å²) in [6, 6.07) is 10.2. The van der Waals surface area contributed by atoms with Crippen LogP contribution in [0.15, 0.2) is 48.5 Å². The molecule has 1 unspecified atom stereocenters. The van der Waals surface area contributed by atoms with Gasteiger partial charge in [0, 0.05) is 0 Å². The maximum atomic E-state index is 12.7. The van der Waals surface area contributed by atoms with Crippen LogP contribution in [0.2, 0.25) is 0 Å². The predicted molar refractivity (Wildman–Crippen MR) is 68.2 cm³/mol. The van der Waals surface area contributed by atoms with E-state index in [0.29, 0.717) is 5.56 Å². The zero-order chi connectivity index (χ0) is 15.0. The lowest BCUT2D eigenvalue weighted by Crippen LogP contribution is -2.23. The molecule has 0 fully saturated rings. The van der Waals surface area contributed by atoms with E-state index in [0.717, 1.165) is 12.1 Å². The molecule has 0 aromatic heterocycles. The third-order valence-corrected chi connectivity index (χ3v) is 3.18. The van der Waals surface area contributed by atoms with Crippen molar-refractivity contribution in [1.82, 2.24) is 0 Å². The molecule has 2 nitrogen and oxygen atoms in total. The molecule has 0 aliphatic heterocycles. The quantitative estimate of drug-likeness (QED) is 0.882. The fourth-order valence-corrected chi connectivity index (χ4v) is 1.95. The highest BCUT2D eigenvalue weighted by Gasteiger charge is 2.33. The third-order valence-electron chi connectivity index (χ3n) is 3.18. The molecule has 0 aliphatic rings. The third kappa shape index (κ3) is 2.77. The van der Waals surface area contributed by atoms with Gasteiger partial charge in [0.2, 0.25) is 0 Å². The SMILES string of the molecule is CC(O)(c1ccc(O)cc1)c1cccc(C(F)(F)F)c1. The molecule has 0 radical (unpaired) electrons. The maximum absolute atomic E-state index is 12.7. The Kier molecular flexibility index (Phi) is 3.48. The van der Waals surface area contributed by atoms with Gasteiger partial charge in [0.1, 0.15) is 11.4 Å². The van der Waals surface area contributed by atoms with Gasteiger partial charge in [0.15, 0.2) is 0 Å². The molecular weight excluding hydrogens is 269 g/mol. The Labute approximate surface area is 114 Å². The first kappa shape index (κ1) is 14.4. The fraction of sp³-hybridized carbons (Fsp3) is 0.200. The van der Waals surface area contributed by atoms with Gasteiger partial charge in [-0.1, -0.05) is 24.3 Å². The van der Waals surface area contributed by atoms with Crippen molar-refractivity contribution in [3.63, 3.8) is 0 Å². The second kappa shape index (κ2) is 4.83. The van der Waals surface area contributed by atoms with Crippen LogP contribution in [0.3, 0.4) is 0 Å². The molecule has 0 bridgehead atoms. The lowest BCUT2D eigenvalue weighted by Gasteiger charge is -2.25. The Morgan fingerprint density at radius 3 is 1.95 bits per heavy atom. The number of rotatable bonds is 2. The Bertz CT molecular complexity index is 601. The van der Waals surface area contributed by atoms with E-state index in [-0.39, 0.29) is 11.3 Å². The van der Waals surface area contributed by atoms with Crippen LogP contribution in [0.5, 0.6) is 5.75 Å². The van der Waals surface area contributed by atoms with Crippen LogP contribution in [0.4, 0.5) is 13.2 Å². The van der Waals surface area contributed by atoms with Crippen LogP contribution in [-0.4, -0.2) is 10.2 Å². The molecule has 0 saturated heterocycles. The van der Waals surface area contributed by atoms with Gasteiger partial charge in [-0.3, -0.25) is 0 Å². The molecule has 0 spiro atoms. The first-order chi connectivity index (χ1) is 9.21. The summed E-state index contributed by atoms with van der Waals surface area (Å²) in [5.74, 6) is 0.0218. The largest absolute Gasteiger partial charge is 0.508 e. The predicted octanol–water partition coefficient (Wildman–Crippen LogP) is 3.67. The minimum absolute atomic E-state index is 0.0218. The van der Waals surface area contributed by atoms with Crippen molar-refractivity contribution < 1.29 is 23.4 Å². The van der Waals surface area contributed by atoms with E-state index in [4.69, 9.17) is 0 Å². The second-order valence-corrected chi connectivity index (χ2v) is 4.70. The van der Waals surface area contributed by atoms with Gasteiger partial charge >= 0.3 is 6.18 Å². The van der Waals surface area contributed by atoms with Crippen molar-refractivity contribution in [2.45, 2.75) is 18.7 Å². The first-order valence-corrected chi connectivity index (χ1v) is 5.91. The zero-order valence-electron chi connectivity index (χ0n) is 10.6. The van der Waals surface area contributed by atoms with E-state index in [1.54, 1.807) is 0 Å². The smallest absolute Gasteiger partial charge is 0.416 e. The topological polar surface area (TPSA) is 40.5 Å². The van der Waals surface area contributed by atoms with Gasteiger partial charge in [0.25, 0.3) is 0 Å². The number of hydrogen-bond donors (Lipinski definition) is 2. The van der Waals surface area contributed by atoms with E-state index in [1.807, 2.05) is 0 Å². The van der Waals surface area contributed by atoms with Crippen LogP contribution in [0.1, 0.15) is 23.6 Å². The average molecular weight is 282 g/mol. The molecular formula is C15H13F3O2. The van der Waals surface area contributed by atoms with Crippen LogP contribution in [0, 0.1) is 0 Å². The molecule has 2 aromatic carbocycles. The number of phenolic OH excluding ortho intramolecular Hbond substituents is 1. The van der Waals surface area contributed by atoms with Gasteiger partial charge in [-0.2, -0.15) is 13.2 Å². The van der Waals surface area contributed by atoms with Crippen molar-refractivity contribution in [1.29, 1.82) is 0 Å². The van der Waals surface area contributed by atoms with Gasteiger partial charge in [-0.15, -0.1) is 0 Å². The van der Waals surface area contributed by atoms with Crippen LogP contribution >= 0.6 is 0 Å². The maximum Gasteiger partial charge on any atom is 0.416 e. The Morgan fingerprint density at radius 2 is 1.40 bits per heavy atom. The number of hydrogen-bond acceptors (Lipinski definition) is 2. The van der Waals surface area contributed by atoms with E-state index >= 15 is 0 Å². The summed E-state index contributed by atoms with van der Waals surface area (Å²) >= 11 is 0. The van der Waals surface area contributed by atoms with Gasteiger partial charge in [0.05, 0.1) is 5.56 Å². The van der Waals surface area contributed by atoms with Crippen molar-refractivity contribution in [3.05, 3.63) is 65.2 Å². The number of phenols is 1. The van der Waals surface area contributed by atoms with Crippen molar-refractivity contribution in [2.24, 2.45) is 0 Å². The van der Waals surface area contributed by atoms with E-state index in [1.165, 1.54) is 43.3 Å². The molecule has 106 valence electrons. The van der Waals surface area contributed by atoms with Crippen molar-refractivity contribution >= 4 is 0 Å². The number of benzene rings is 2. The number of aromatic hydroxyl groups is 1. The fourth-order valence-electron chi connectivity index (χ4n) is 1.95. The Balaban J connectivity index is 2.46. The van der Waals surface area contributed by atoms with Gasteiger partial charge in [-0.25, -0.2) is 0 Å². The summed E-state index contributed by atoms with van der Waals surface area (Å²) < 4.78 is 38.1. The highest BCUT2D eigenvalue weighted by Crippen LogP contribution is 2.35. The van der Waals surface area contributed by atoms with Crippen molar-refractivity contribution in [2.75, 3.05) is 0 Å². The van der Waals surface area contributed by atoms with Gasteiger partial charge < -0.3 is 10.2 Å². The van der Waals surface area contributed by atoms with Crippen LogP contribution < -0.4 is 0 Å². The van der Waals surface area contributed by atoms with Crippen LogP contribution in [0.25, 0.3) is 0 Å². The number of alkyl halides is 3. The molecule has 0 heterocycles. The molecule has 0 saturated carbocycles. The summed E-state index contributed by atoms with van der Waals surface area (Å²) in [6.07, 6.45) is -4.46. The highest BCUT2D eigenvalue weighted by atomic mass is 19.4. The minimum Gasteiger partial charge on any atom is -0.508 e. The molecule has 20 heavy (non-hydrogen) atoms. The number of halogens is 3. The van der Waals surface area contributed by atoms with E-state index in [9.17, 15) is 23.4 Å². The number of aliphatic hydroxyl groups is 1. The normalized spacial score (nSPS) is 14.8. The summed E-state index contributed by atoms with van der Waals surface area (Å²) in [4.78, 5) is 0. The van der Waals surface area contributed by atoms with Gasteiger partial charge in [-0.05, 0) is 42.3 Å². The molecule has 5 heteroatoms. The summed E-state index contributed by atoms with van der Waals surface area (Å²) in [6.45, 7) is 1.41. The molecule has 1 atom stereocenters. The molecule has 2 aromatic rings. The second-order valence-electron chi connectivity index (χ2n) is 4.70. The van der Waals surface area contributed by atoms with E-state index < -0.39 is 17.3 Å². The van der Waals surface area contributed by atoms with Crippen LogP contribution in [-0.2, 0) is 11.8 Å². The summed E-state index contributed by atoms with van der Waals surface area (Å²) in [7, 11) is 0. The lowest BCUT2D eigenvalue weighted by molar-refractivity contribution is -0.137. The molecule has 0 aliphatic carbocycles. The van der Waals surface area contributed by atoms with Crippen molar-refractivity contribution in [3.8, 4) is 5.75 Å². The Morgan fingerprint density at radius 1 is 0.850 bits per heavy atom. The minimum atomic E-state index is -4.46.